The minimum atomic E-state index is -3.18. The molecular weight excluding hydrogens is 304 g/mol. The minimum absolute atomic E-state index is 0.0827. The van der Waals surface area contributed by atoms with E-state index < -0.39 is 10.0 Å². The lowest BCUT2D eigenvalue weighted by atomic mass is 10.1. The fraction of sp³-hybridized carbons (Fsp3) is 0.429. The van der Waals surface area contributed by atoms with Crippen LogP contribution in [-0.2, 0) is 17.1 Å². The highest BCUT2D eigenvalue weighted by molar-refractivity contribution is 7.88. The maximum Gasteiger partial charge on any atom is 0.254 e. The molecule has 0 bridgehead atoms. The van der Waals surface area contributed by atoms with Gasteiger partial charge in [0.15, 0.2) is 0 Å². The molecule has 1 aliphatic heterocycles. The quantitative estimate of drug-likeness (QED) is 0.796. The van der Waals surface area contributed by atoms with Crippen LogP contribution < -0.4 is 0 Å². The number of aryl methyl sites for hydroxylation is 1. The van der Waals surface area contributed by atoms with E-state index in [1.165, 1.54) is 10.6 Å². The smallest absolute Gasteiger partial charge is 0.254 e. The normalized spacial score (nSPS) is 17.1. The summed E-state index contributed by atoms with van der Waals surface area (Å²) in [5.74, 6) is -0.0827. The van der Waals surface area contributed by atoms with Crippen LogP contribution in [0.15, 0.2) is 24.5 Å². The molecule has 0 aliphatic carbocycles. The fourth-order valence-electron chi connectivity index (χ4n) is 2.67. The summed E-state index contributed by atoms with van der Waals surface area (Å²) in [7, 11) is -1.28. The van der Waals surface area contributed by atoms with E-state index in [2.05, 4.69) is 4.98 Å². The zero-order valence-corrected chi connectivity index (χ0v) is 13.4. The Hall–Kier alpha value is -1.93. The molecule has 118 valence electrons. The molecule has 0 N–H and O–H groups in total. The van der Waals surface area contributed by atoms with Crippen molar-refractivity contribution >= 4 is 27.0 Å². The van der Waals surface area contributed by atoms with Crippen molar-refractivity contribution in [3.05, 3.63) is 30.1 Å². The maximum absolute atomic E-state index is 12.5. The lowest BCUT2D eigenvalue weighted by molar-refractivity contribution is 0.0698. The van der Waals surface area contributed by atoms with Crippen molar-refractivity contribution < 1.29 is 13.2 Å². The Morgan fingerprint density at radius 3 is 2.50 bits per heavy atom. The summed E-state index contributed by atoms with van der Waals surface area (Å²) < 4.78 is 26.3. The van der Waals surface area contributed by atoms with E-state index in [4.69, 9.17) is 0 Å². The fourth-order valence-corrected chi connectivity index (χ4v) is 3.50. The molecule has 0 atom stereocenters. The SMILES string of the molecule is Cn1cnc2cc(C(=O)N3CCN(S(C)(=O)=O)CC3)ccc21. The van der Waals surface area contributed by atoms with Crippen molar-refractivity contribution in [2.75, 3.05) is 32.4 Å². The predicted octanol–water partition coefficient (Wildman–Crippen LogP) is 0.291. The van der Waals surface area contributed by atoms with Crippen LogP contribution in [0.5, 0.6) is 0 Å². The van der Waals surface area contributed by atoms with Gasteiger partial charge in [0.1, 0.15) is 0 Å². The predicted molar refractivity (Wildman–Crippen MR) is 83.0 cm³/mol. The lowest BCUT2D eigenvalue weighted by Gasteiger charge is -2.33. The van der Waals surface area contributed by atoms with Gasteiger partial charge in [-0.15, -0.1) is 0 Å². The molecule has 22 heavy (non-hydrogen) atoms. The standard InChI is InChI=1S/C14H18N4O3S/c1-16-10-15-12-9-11(3-4-13(12)16)14(19)17-5-7-18(8-6-17)22(2,20)21/h3-4,9-10H,5-8H2,1-2H3. The molecule has 3 rings (SSSR count). The first-order chi connectivity index (χ1) is 10.4. The van der Waals surface area contributed by atoms with Crippen LogP contribution in [0, 0.1) is 0 Å². The van der Waals surface area contributed by atoms with Crippen molar-refractivity contribution in [1.29, 1.82) is 0 Å². The first kappa shape index (κ1) is 15.0. The van der Waals surface area contributed by atoms with Gasteiger partial charge in [0.2, 0.25) is 10.0 Å². The molecule has 1 saturated heterocycles. The number of aromatic nitrogens is 2. The average Bonchev–Trinajstić information content (AvgIpc) is 2.87. The number of nitrogens with zero attached hydrogens (tertiary/aromatic N) is 4. The molecule has 2 aromatic rings. The number of fused-ring (bicyclic) bond motifs is 1. The number of carbonyl (C=O) groups is 1. The summed E-state index contributed by atoms with van der Waals surface area (Å²) in [6.45, 7) is 1.51. The van der Waals surface area contributed by atoms with Gasteiger partial charge in [0.05, 0.1) is 23.6 Å². The molecule has 2 heterocycles. The third-order valence-electron chi connectivity index (χ3n) is 3.97. The van der Waals surface area contributed by atoms with Gasteiger partial charge in [-0.1, -0.05) is 0 Å². The first-order valence-corrected chi connectivity index (χ1v) is 8.86. The Balaban J connectivity index is 1.76. The molecule has 0 unspecified atom stereocenters. The minimum Gasteiger partial charge on any atom is -0.336 e. The van der Waals surface area contributed by atoms with E-state index in [1.54, 1.807) is 23.4 Å². The number of amides is 1. The van der Waals surface area contributed by atoms with E-state index in [1.807, 2.05) is 17.7 Å². The molecule has 0 spiro atoms. The second kappa shape index (κ2) is 5.36. The molecule has 1 aromatic carbocycles. The Kier molecular flexibility index (Phi) is 3.65. The maximum atomic E-state index is 12.5. The summed E-state index contributed by atoms with van der Waals surface area (Å²) in [5, 5.41) is 0. The zero-order valence-electron chi connectivity index (χ0n) is 12.6. The highest BCUT2D eigenvalue weighted by Crippen LogP contribution is 2.16. The highest BCUT2D eigenvalue weighted by Gasteiger charge is 2.26. The number of hydrogen-bond donors (Lipinski definition) is 0. The van der Waals surface area contributed by atoms with Gasteiger partial charge in [-0.05, 0) is 18.2 Å². The van der Waals surface area contributed by atoms with Crippen LogP contribution >= 0.6 is 0 Å². The number of hydrogen-bond acceptors (Lipinski definition) is 4. The number of piperazine rings is 1. The first-order valence-electron chi connectivity index (χ1n) is 7.02. The van der Waals surface area contributed by atoms with Gasteiger partial charge < -0.3 is 9.47 Å². The second-order valence-corrected chi connectivity index (χ2v) is 7.50. The number of imidazole rings is 1. The number of sulfonamides is 1. The van der Waals surface area contributed by atoms with Crippen LogP contribution in [0.3, 0.4) is 0 Å². The van der Waals surface area contributed by atoms with Gasteiger partial charge in [0.25, 0.3) is 5.91 Å². The molecule has 0 saturated carbocycles. The summed E-state index contributed by atoms with van der Waals surface area (Å²) in [6, 6.07) is 5.44. The third kappa shape index (κ3) is 2.71. The van der Waals surface area contributed by atoms with E-state index >= 15 is 0 Å². The van der Waals surface area contributed by atoms with E-state index in [0.29, 0.717) is 31.7 Å². The van der Waals surface area contributed by atoms with Crippen LogP contribution in [-0.4, -0.2) is 65.5 Å². The van der Waals surface area contributed by atoms with Crippen LogP contribution in [0.2, 0.25) is 0 Å². The zero-order chi connectivity index (χ0) is 15.9. The second-order valence-electron chi connectivity index (χ2n) is 5.51. The van der Waals surface area contributed by atoms with Gasteiger partial charge >= 0.3 is 0 Å². The van der Waals surface area contributed by atoms with E-state index in [0.717, 1.165) is 11.0 Å². The van der Waals surface area contributed by atoms with Crippen LogP contribution in [0.25, 0.3) is 11.0 Å². The van der Waals surface area contributed by atoms with Crippen LogP contribution in [0.1, 0.15) is 10.4 Å². The Labute approximate surface area is 129 Å². The summed E-state index contributed by atoms with van der Waals surface area (Å²) in [6.07, 6.45) is 2.91. The monoisotopic (exact) mass is 322 g/mol. The Morgan fingerprint density at radius 2 is 1.86 bits per heavy atom. The van der Waals surface area contributed by atoms with Crippen molar-refractivity contribution in [2.24, 2.45) is 7.05 Å². The molecule has 1 aromatic heterocycles. The van der Waals surface area contributed by atoms with Crippen molar-refractivity contribution in [3.8, 4) is 0 Å². The molecule has 1 fully saturated rings. The third-order valence-corrected chi connectivity index (χ3v) is 5.27. The van der Waals surface area contributed by atoms with Crippen molar-refractivity contribution in [1.82, 2.24) is 18.8 Å². The van der Waals surface area contributed by atoms with E-state index in [-0.39, 0.29) is 5.91 Å². The summed E-state index contributed by atoms with van der Waals surface area (Å²) in [4.78, 5) is 18.5. The largest absolute Gasteiger partial charge is 0.336 e. The topological polar surface area (TPSA) is 75.5 Å². The van der Waals surface area contributed by atoms with Gasteiger partial charge in [0, 0.05) is 38.8 Å². The Bertz CT molecular complexity index is 820. The molecule has 8 heteroatoms. The number of rotatable bonds is 2. The summed E-state index contributed by atoms with van der Waals surface area (Å²) in [5.41, 5.74) is 2.33. The highest BCUT2D eigenvalue weighted by atomic mass is 32.2. The summed E-state index contributed by atoms with van der Waals surface area (Å²) >= 11 is 0. The Morgan fingerprint density at radius 1 is 1.18 bits per heavy atom. The molecule has 1 aliphatic rings. The number of benzene rings is 1. The molecule has 7 nitrogen and oxygen atoms in total. The van der Waals surface area contributed by atoms with Crippen molar-refractivity contribution in [3.63, 3.8) is 0 Å². The van der Waals surface area contributed by atoms with Gasteiger partial charge in [-0.3, -0.25) is 4.79 Å². The van der Waals surface area contributed by atoms with E-state index in [9.17, 15) is 13.2 Å². The average molecular weight is 322 g/mol. The molecule has 1 amide bonds. The van der Waals surface area contributed by atoms with Gasteiger partial charge in [-0.25, -0.2) is 13.4 Å². The van der Waals surface area contributed by atoms with Crippen LogP contribution in [0.4, 0.5) is 0 Å². The van der Waals surface area contributed by atoms with Gasteiger partial charge in [-0.2, -0.15) is 4.31 Å². The number of carbonyl (C=O) groups excluding carboxylic acids is 1. The lowest BCUT2D eigenvalue weighted by Crippen LogP contribution is -2.50. The molecular formula is C14H18N4O3S. The molecule has 0 radical (unpaired) electrons. The van der Waals surface area contributed by atoms with Crippen molar-refractivity contribution in [2.45, 2.75) is 0 Å².